The molecule has 0 aliphatic heterocycles. The summed E-state index contributed by atoms with van der Waals surface area (Å²) in [6.07, 6.45) is -4.71. The highest BCUT2D eigenvalue weighted by molar-refractivity contribution is 5.73. The molecular weight excluding hydrogens is 263 g/mol. The number of halogens is 3. The van der Waals surface area contributed by atoms with Gasteiger partial charge in [-0.15, -0.1) is 13.2 Å². The van der Waals surface area contributed by atoms with Crippen LogP contribution in [0.25, 0.3) is 0 Å². The van der Waals surface area contributed by atoms with E-state index in [2.05, 4.69) is 4.74 Å². The molecule has 106 valence electrons. The van der Waals surface area contributed by atoms with Crippen LogP contribution >= 0.6 is 0 Å². The van der Waals surface area contributed by atoms with Crippen molar-refractivity contribution in [2.75, 3.05) is 24.6 Å². The first-order valence-electron chi connectivity index (χ1n) is 5.52. The van der Waals surface area contributed by atoms with Crippen molar-refractivity contribution >= 4 is 11.7 Å². The zero-order valence-corrected chi connectivity index (χ0v) is 10.3. The van der Waals surface area contributed by atoms with Crippen molar-refractivity contribution in [3.8, 4) is 0 Å². The van der Waals surface area contributed by atoms with Gasteiger partial charge in [0.1, 0.15) is 6.54 Å². The molecule has 0 atom stereocenters. The molecule has 0 aliphatic rings. The summed E-state index contributed by atoms with van der Waals surface area (Å²) in [5, 5.41) is 8.75. The van der Waals surface area contributed by atoms with E-state index in [1.165, 1.54) is 4.90 Å². The number of hydrogen-bond acceptors (Lipinski definition) is 3. The third-order valence-corrected chi connectivity index (χ3v) is 2.35. The largest absolute Gasteiger partial charge is 0.522 e. The monoisotopic (exact) mass is 277 g/mol. The number of carboxylic acids is 1. The lowest BCUT2D eigenvalue weighted by atomic mass is 10.2. The minimum atomic E-state index is -4.71. The SMILES string of the molecule is Cc1ccc(N(CCOC(F)(F)F)CC(=O)O)cc1. The van der Waals surface area contributed by atoms with Gasteiger partial charge in [0, 0.05) is 12.2 Å². The van der Waals surface area contributed by atoms with Crippen molar-refractivity contribution in [1.29, 1.82) is 0 Å². The van der Waals surface area contributed by atoms with Crippen LogP contribution in [0.3, 0.4) is 0 Å². The van der Waals surface area contributed by atoms with E-state index in [4.69, 9.17) is 5.11 Å². The molecule has 0 saturated heterocycles. The van der Waals surface area contributed by atoms with E-state index in [0.717, 1.165) is 5.56 Å². The molecule has 0 radical (unpaired) electrons. The molecule has 0 fully saturated rings. The molecule has 1 N–H and O–H groups in total. The fourth-order valence-electron chi connectivity index (χ4n) is 1.49. The smallest absolute Gasteiger partial charge is 0.480 e. The number of carboxylic acid groups (broad SMARTS) is 1. The Kier molecular flexibility index (Phi) is 5.17. The predicted molar refractivity (Wildman–Crippen MR) is 63.0 cm³/mol. The third kappa shape index (κ3) is 6.10. The first kappa shape index (κ1) is 15.3. The Balaban J connectivity index is 2.66. The summed E-state index contributed by atoms with van der Waals surface area (Å²) in [5.41, 5.74) is 1.52. The molecule has 0 spiro atoms. The van der Waals surface area contributed by atoms with E-state index in [1.54, 1.807) is 24.3 Å². The molecule has 0 saturated carbocycles. The quantitative estimate of drug-likeness (QED) is 0.867. The molecule has 0 unspecified atom stereocenters. The summed E-state index contributed by atoms with van der Waals surface area (Å²) in [7, 11) is 0. The van der Waals surface area contributed by atoms with Gasteiger partial charge in [-0.05, 0) is 19.1 Å². The summed E-state index contributed by atoms with van der Waals surface area (Å²) >= 11 is 0. The lowest BCUT2D eigenvalue weighted by Gasteiger charge is -2.23. The second-order valence-corrected chi connectivity index (χ2v) is 3.95. The Morgan fingerprint density at radius 3 is 2.37 bits per heavy atom. The molecular formula is C12H14F3NO3. The van der Waals surface area contributed by atoms with Crippen LogP contribution < -0.4 is 4.90 Å². The van der Waals surface area contributed by atoms with Gasteiger partial charge in [0.15, 0.2) is 0 Å². The van der Waals surface area contributed by atoms with Gasteiger partial charge < -0.3 is 10.0 Å². The zero-order valence-electron chi connectivity index (χ0n) is 10.3. The number of rotatable bonds is 6. The molecule has 1 aromatic rings. The number of hydrogen-bond donors (Lipinski definition) is 1. The Bertz CT molecular complexity index is 417. The maximum Gasteiger partial charge on any atom is 0.522 e. The zero-order chi connectivity index (χ0) is 14.5. The van der Waals surface area contributed by atoms with Crippen molar-refractivity contribution in [3.05, 3.63) is 29.8 Å². The minimum absolute atomic E-state index is 0.158. The Morgan fingerprint density at radius 1 is 1.32 bits per heavy atom. The fraction of sp³-hybridized carbons (Fsp3) is 0.417. The average molecular weight is 277 g/mol. The number of benzene rings is 1. The number of anilines is 1. The molecule has 19 heavy (non-hydrogen) atoms. The van der Waals surface area contributed by atoms with Crippen molar-refractivity contribution < 1.29 is 27.8 Å². The summed E-state index contributed by atoms with van der Waals surface area (Å²) in [6.45, 7) is 0.696. The van der Waals surface area contributed by atoms with Crippen LogP contribution in [0.4, 0.5) is 18.9 Å². The van der Waals surface area contributed by atoms with Crippen LogP contribution in [-0.2, 0) is 9.53 Å². The van der Waals surface area contributed by atoms with E-state index < -0.39 is 18.9 Å². The van der Waals surface area contributed by atoms with Crippen LogP contribution in [0.5, 0.6) is 0 Å². The topological polar surface area (TPSA) is 49.8 Å². The lowest BCUT2D eigenvalue weighted by Crippen LogP contribution is -2.34. The van der Waals surface area contributed by atoms with Crippen molar-refractivity contribution in [2.24, 2.45) is 0 Å². The van der Waals surface area contributed by atoms with Crippen molar-refractivity contribution in [2.45, 2.75) is 13.3 Å². The van der Waals surface area contributed by atoms with Gasteiger partial charge in [0.2, 0.25) is 0 Å². The highest BCUT2D eigenvalue weighted by Gasteiger charge is 2.29. The van der Waals surface area contributed by atoms with E-state index in [-0.39, 0.29) is 13.1 Å². The standard InChI is InChI=1S/C12H14F3NO3/c1-9-2-4-10(5-3-9)16(8-11(17)18)6-7-19-12(13,14)15/h2-5H,6-8H2,1H3,(H,17,18). The summed E-state index contributed by atoms with van der Waals surface area (Å²) in [6, 6.07) is 6.83. The predicted octanol–water partition coefficient (Wildman–Crippen LogP) is 2.42. The Morgan fingerprint density at radius 2 is 1.89 bits per heavy atom. The number of alkyl halides is 3. The first-order chi connectivity index (χ1) is 8.78. The number of nitrogens with zero attached hydrogens (tertiary/aromatic N) is 1. The van der Waals surface area contributed by atoms with Gasteiger partial charge >= 0.3 is 12.3 Å². The molecule has 4 nitrogen and oxygen atoms in total. The number of ether oxygens (including phenoxy) is 1. The highest BCUT2D eigenvalue weighted by Crippen LogP contribution is 2.18. The maximum absolute atomic E-state index is 11.9. The maximum atomic E-state index is 11.9. The van der Waals surface area contributed by atoms with Crippen LogP contribution in [0.1, 0.15) is 5.56 Å². The minimum Gasteiger partial charge on any atom is -0.480 e. The van der Waals surface area contributed by atoms with Crippen molar-refractivity contribution in [3.63, 3.8) is 0 Å². The molecule has 0 heterocycles. The van der Waals surface area contributed by atoms with E-state index in [9.17, 15) is 18.0 Å². The van der Waals surface area contributed by atoms with Gasteiger partial charge in [-0.1, -0.05) is 17.7 Å². The fourth-order valence-corrected chi connectivity index (χ4v) is 1.49. The van der Waals surface area contributed by atoms with Crippen LogP contribution in [0, 0.1) is 6.92 Å². The summed E-state index contributed by atoms with van der Waals surface area (Å²) < 4.78 is 39.3. The normalized spacial score (nSPS) is 11.4. The molecule has 7 heteroatoms. The highest BCUT2D eigenvalue weighted by atomic mass is 19.4. The number of aryl methyl sites for hydroxylation is 1. The second kappa shape index (κ2) is 6.42. The van der Waals surface area contributed by atoms with Crippen LogP contribution in [0.15, 0.2) is 24.3 Å². The molecule has 0 bridgehead atoms. The second-order valence-electron chi connectivity index (χ2n) is 3.95. The van der Waals surface area contributed by atoms with Gasteiger partial charge in [-0.2, -0.15) is 0 Å². The van der Waals surface area contributed by atoms with E-state index in [1.807, 2.05) is 6.92 Å². The Hall–Kier alpha value is -1.76. The van der Waals surface area contributed by atoms with Gasteiger partial charge in [0.25, 0.3) is 0 Å². The first-order valence-corrected chi connectivity index (χ1v) is 5.52. The van der Waals surface area contributed by atoms with E-state index in [0.29, 0.717) is 5.69 Å². The van der Waals surface area contributed by atoms with Gasteiger partial charge in [-0.25, -0.2) is 0 Å². The molecule has 0 amide bonds. The Labute approximate surface area is 108 Å². The van der Waals surface area contributed by atoms with Crippen LogP contribution in [-0.4, -0.2) is 37.1 Å². The lowest BCUT2D eigenvalue weighted by molar-refractivity contribution is -0.323. The van der Waals surface area contributed by atoms with E-state index >= 15 is 0 Å². The van der Waals surface area contributed by atoms with Crippen molar-refractivity contribution in [1.82, 2.24) is 0 Å². The third-order valence-electron chi connectivity index (χ3n) is 2.35. The summed E-state index contributed by atoms with van der Waals surface area (Å²) in [4.78, 5) is 12.0. The molecule has 1 rings (SSSR count). The molecule has 1 aromatic carbocycles. The average Bonchev–Trinajstić information content (AvgIpc) is 2.26. The summed E-state index contributed by atoms with van der Waals surface area (Å²) in [5.74, 6) is -1.12. The van der Waals surface area contributed by atoms with Gasteiger partial charge in [0.05, 0.1) is 6.61 Å². The molecule has 0 aromatic heterocycles. The number of carbonyl (C=O) groups is 1. The van der Waals surface area contributed by atoms with Gasteiger partial charge in [-0.3, -0.25) is 9.53 Å². The number of aliphatic carboxylic acids is 1. The van der Waals surface area contributed by atoms with Crippen LogP contribution in [0.2, 0.25) is 0 Å². The molecule has 0 aliphatic carbocycles.